The average Bonchev–Trinajstić information content (AvgIpc) is 0.918. The molecule has 0 fully saturated rings. The first-order valence-corrected chi connectivity index (χ1v) is 33.5. The summed E-state index contributed by atoms with van der Waals surface area (Å²) in [6, 6.07) is 34.6. The van der Waals surface area contributed by atoms with Gasteiger partial charge >= 0.3 is 0 Å². The highest BCUT2D eigenvalue weighted by Gasteiger charge is 2.21. The second kappa shape index (κ2) is 37.4. The largest absolute Gasteiger partial charge is 0.410 e. The molecule has 5 N–H and O–H groups in total. The Balaban J connectivity index is 0.000000142. The summed E-state index contributed by atoms with van der Waals surface area (Å²) in [5.74, 6) is -0.0573. The van der Waals surface area contributed by atoms with Gasteiger partial charge < -0.3 is 53.3 Å². The number of oxime groups is 1. The molecule has 2 aromatic carbocycles. The normalized spacial score (nSPS) is 11.5. The molecule has 0 aliphatic heterocycles. The van der Waals surface area contributed by atoms with Crippen molar-refractivity contribution in [2.45, 2.75) is 18.2 Å². The molecule has 29 heteroatoms. The summed E-state index contributed by atoms with van der Waals surface area (Å²) in [4.78, 5) is 79.0. The lowest BCUT2D eigenvalue weighted by Crippen LogP contribution is -2.16. The lowest BCUT2D eigenvalue weighted by molar-refractivity contribution is 0.103. The molecule has 28 nitrogen and oxygen atoms in total. The number of anilines is 1. The van der Waals surface area contributed by atoms with Gasteiger partial charge in [-0.3, -0.25) is 49.5 Å². The maximum atomic E-state index is 11.8. The number of hydrogen-bond donors (Lipinski definition) is 4. The number of carbonyl (C=O) groups is 2. The highest BCUT2D eigenvalue weighted by Crippen LogP contribution is 2.35. The van der Waals surface area contributed by atoms with E-state index in [4.69, 9.17) is 10.9 Å². The number of ketones is 1. The quantitative estimate of drug-likeness (QED) is 0.0258. The Morgan fingerprint density at radius 3 is 1.51 bits per heavy atom. The minimum Gasteiger partial charge on any atom is -0.410 e. The maximum absolute atomic E-state index is 11.8. The molecule has 0 aliphatic carbocycles. The summed E-state index contributed by atoms with van der Waals surface area (Å²) in [5, 5.41) is 27.2. The molecule has 0 aliphatic rings. The highest BCUT2D eigenvalue weighted by atomic mass is 79.9. The summed E-state index contributed by atoms with van der Waals surface area (Å²) in [7, 11) is 13.4. The third-order valence-corrected chi connectivity index (χ3v) is 17.0. The number of imidazole rings is 6. The van der Waals surface area contributed by atoms with Gasteiger partial charge in [0.05, 0.1) is 121 Å². The number of benzene rings is 2. The third kappa shape index (κ3) is 19.8. The molecule has 14 aromatic heterocycles. The predicted octanol–water partition coefficient (Wildman–Crippen LogP) is 11.0. The molecule has 14 heterocycles. The second-order valence-electron chi connectivity index (χ2n) is 23.5. The van der Waals surface area contributed by atoms with Crippen molar-refractivity contribution < 1.29 is 19.9 Å². The predicted molar refractivity (Wildman–Crippen MR) is 406 cm³/mol. The Morgan fingerprint density at radius 1 is 0.491 bits per heavy atom. The molecule has 534 valence electrons. The van der Waals surface area contributed by atoms with Crippen LogP contribution in [-0.4, -0.2) is 130 Å². The Hall–Kier alpha value is -13.5. The number of rotatable bonds is 14. The van der Waals surface area contributed by atoms with Crippen molar-refractivity contribution in [1.82, 2.24) is 102 Å². The van der Waals surface area contributed by atoms with Gasteiger partial charge in [0.1, 0.15) is 22.1 Å². The zero-order valence-electron chi connectivity index (χ0n) is 58.8. The molecule has 3 unspecified atom stereocenters. The van der Waals surface area contributed by atoms with Gasteiger partial charge in [-0.25, -0.2) is 29.9 Å². The van der Waals surface area contributed by atoms with Gasteiger partial charge in [0.15, 0.2) is 6.29 Å². The third-order valence-electron chi connectivity index (χ3n) is 16.2. The van der Waals surface area contributed by atoms with Gasteiger partial charge in [-0.05, 0) is 117 Å². The van der Waals surface area contributed by atoms with Crippen LogP contribution in [0.3, 0.4) is 0 Å². The average molecular weight is 1480 g/mol. The number of aromatic nitrogens is 21. The molecular formula is C77H75BrN24O4. The van der Waals surface area contributed by atoms with E-state index in [9.17, 15) is 14.7 Å². The van der Waals surface area contributed by atoms with Crippen LogP contribution >= 0.6 is 15.9 Å². The highest BCUT2D eigenvalue weighted by molar-refractivity contribution is 9.10. The minimum absolute atomic E-state index is 0.0573. The monoisotopic (exact) mass is 1480 g/mol. The molecule has 106 heavy (non-hydrogen) atoms. The van der Waals surface area contributed by atoms with Crippen molar-refractivity contribution in [3.8, 4) is 11.1 Å². The van der Waals surface area contributed by atoms with Crippen LogP contribution in [-0.2, 0) is 49.3 Å². The molecule has 0 bridgehead atoms. The smallest absolute Gasteiger partial charge is 0.212 e. The number of aryl methyl sites for hydroxylation is 7. The lowest BCUT2D eigenvalue weighted by Gasteiger charge is -2.21. The molecule has 0 saturated carbocycles. The van der Waals surface area contributed by atoms with Crippen LogP contribution in [0, 0.1) is 0 Å². The molecule has 16 aromatic rings. The number of carbonyl (C=O) groups excluding carboxylic acids is 2. The van der Waals surface area contributed by atoms with Crippen molar-refractivity contribution in [2.75, 3.05) is 5.32 Å². The van der Waals surface area contributed by atoms with Crippen molar-refractivity contribution >= 4 is 61.3 Å². The van der Waals surface area contributed by atoms with Gasteiger partial charge in [-0.15, -0.1) is 0 Å². The molecule has 0 radical (unpaired) electrons. The molecule has 3 atom stereocenters. The Labute approximate surface area is 618 Å². The van der Waals surface area contributed by atoms with Gasteiger partial charge in [-0.1, -0.05) is 35.5 Å². The number of aliphatic hydroxyl groups is 1. The number of aliphatic hydroxyl groups excluding tert-OH is 1. The molecule has 0 spiro atoms. The number of nitrogens with one attached hydrogen (secondary N) is 1. The fourth-order valence-electron chi connectivity index (χ4n) is 10.6. The van der Waals surface area contributed by atoms with E-state index in [1.807, 2.05) is 104 Å². The topological polar surface area (TPSA) is 340 Å². The number of pyridine rings is 6. The zero-order chi connectivity index (χ0) is 74.7. The number of fused-ring (bicyclic) bond motifs is 2. The Bertz CT molecular complexity index is 5300. The van der Waals surface area contributed by atoms with E-state index in [0.29, 0.717) is 22.5 Å². The van der Waals surface area contributed by atoms with Crippen molar-refractivity contribution in [3.05, 3.63) is 344 Å². The zero-order valence-corrected chi connectivity index (χ0v) is 60.4. The van der Waals surface area contributed by atoms with Crippen molar-refractivity contribution in [1.29, 1.82) is 0 Å². The summed E-state index contributed by atoms with van der Waals surface area (Å²) in [6.07, 6.45) is 46.3. The first-order chi connectivity index (χ1) is 51.6. The summed E-state index contributed by atoms with van der Waals surface area (Å²) in [5.41, 5.74) is 21.4. The lowest BCUT2D eigenvalue weighted by atomic mass is 10.0. The first-order valence-electron chi connectivity index (χ1n) is 32.7. The van der Waals surface area contributed by atoms with Gasteiger partial charge in [0, 0.05) is 181 Å². The van der Waals surface area contributed by atoms with Crippen LogP contribution in [0.4, 0.5) is 5.69 Å². The molecule has 0 saturated heterocycles. The van der Waals surface area contributed by atoms with Gasteiger partial charge in [0.2, 0.25) is 5.78 Å². The number of halogens is 1. The van der Waals surface area contributed by atoms with Crippen molar-refractivity contribution in [2.24, 2.45) is 60.2 Å². The standard InChI is InChI=1S/C27H23N7.C10H10N4O.C10H12N4.C10H11N3O.C10H9N3O.C6H5NO.C4H5BrN2/c1-33-11-7-18-5-6-19(12-24(18)33)22-13-21(14-23-27(22)31-10-9-30-23)32-26(20-4-3-8-28-15-20)25-16-29-17-34(25)2;1-14-7-12-6-9(14)10(13-15)8-3-2-4-11-5-8;1-14-7-13-6-9(14)10(11)8-3-2-4-12-5-8;2*1-13-7-12-6-9(13)10(14)8-3-2-4-11-5-8;8-5-6-2-1-3-7-4-6;1-7-3-6-2-4(7)5/h3-17,26,32H,1-2H3;2-7,15H,1H3;2-7,10H,11H2,1H3;2-7,10,14H,1H3;2-7H,1H3;1-5H;2-3H,1H3/b;13-10-;;;;;. The molecule has 0 amide bonds. The molecular weight excluding hydrogens is 1400 g/mol. The van der Waals surface area contributed by atoms with Crippen LogP contribution in [0.2, 0.25) is 0 Å². The van der Waals surface area contributed by atoms with Crippen molar-refractivity contribution in [3.63, 3.8) is 0 Å². The van der Waals surface area contributed by atoms with E-state index >= 15 is 0 Å². The number of hydrogen-bond acceptors (Lipinski definition) is 21. The number of aldehydes is 1. The first kappa shape index (κ1) is 75.2. The summed E-state index contributed by atoms with van der Waals surface area (Å²) >= 11 is 3.27. The summed E-state index contributed by atoms with van der Waals surface area (Å²) in [6.45, 7) is 0. The SMILES string of the molecule is Cn1cncc1/C(=N\O)c1cccnc1.Cn1cncc1Br.Cn1cncc1C(=O)c1cccnc1.Cn1cncc1C(N)c1cccnc1.Cn1cncc1C(Nc1cc(-c2ccc3ccn(C)c3c2)c2nccnc2c1)c1cccnc1.Cn1cncc1C(O)c1cccnc1.O=Cc1cccnc1. The maximum Gasteiger partial charge on any atom is 0.212 e. The van der Waals surface area contributed by atoms with Crippen LogP contribution in [0.25, 0.3) is 33.1 Å². The summed E-state index contributed by atoms with van der Waals surface area (Å²) < 4.78 is 14.2. The number of nitrogens with zero attached hydrogens (tertiary/aromatic N) is 22. The van der Waals surface area contributed by atoms with E-state index in [0.717, 1.165) is 83.8 Å². The van der Waals surface area contributed by atoms with Crippen LogP contribution in [0.15, 0.2) is 287 Å². The van der Waals surface area contributed by atoms with Crippen LogP contribution < -0.4 is 11.1 Å². The van der Waals surface area contributed by atoms with Crippen LogP contribution in [0.5, 0.6) is 0 Å². The van der Waals surface area contributed by atoms with E-state index in [1.165, 1.54) is 17.1 Å². The van der Waals surface area contributed by atoms with E-state index in [1.54, 1.807) is 194 Å². The van der Waals surface area contributed by atoms with Crippen LogP contribution in [0.1, 0.15) is 89.6 Å². The van der Waals surface area contributed by atoms with Gasteiger partial charge in [-0.2, -0.15) is 0 Å². The fourth-order valence-corrected chi connectivity index (χ4v) is 10.8. The van der Waals surface area contributed by atoms with E-state index in [2.05, 4.69) is 150 Å². The Kier molecular flexibility index (Phi) is 26.5. The van der Waals surface area contributed by atoms with E-state index in [-0.39, 0.29) is 17.9 Å². The number of nitrogens with two attached hydrogens (primary N) is 1. The fraction of sp³-hybridized carbons (Fsp3) is 0.130. The Morgan fingerprint density at radius 2 is 1.01 bits per heavy atom. The molecule has 16 rings (SSSR count). The second-order valence-corrected chi connectivity index (χ2v) is 24.3. The van der Waals surface area contributed by atoms with E-state index < -0.39 is 6.10 Å². The van der Waals surface area contributed by atoms with Gasteiger partial charge in [0.25, 0.3) is 0 Å². The minimum atomic E-state index is -0.656.